The Morgan fingerprint density at radius 3 is 2.62 bits per heavy atom. The van der Waals surface area contributed by atoms with Gasteiger partial charge in [-0.2, -0.15) is 0 Å². The Hall–Kier alpha value is -0.610. The first-order chi connectivity index (χ1) is 6.21. The maximum atomic E-state index is 11.0. The third-order valence-electron chi connectivity index (χ3n) is 2.80. The molecule has 13 heavy (non-hydrogen) atoms. The van der Waals surface area contributed by atoms with Crippen LogP contribution in [0.15, 0.2) is 10.2 Å². The highest BCUT2D eigenvalue weighted by molar-refractivity contribution is 7.07. The molecule has 0 bridgehead atoms. The van der Waals surface area contributed by atoms with E-state index in [0.717, 1.165) is 18.5 Å². The molecule has 0 amide bonds. The Balaban J connectivity index is 2.27. The van der Waals surface area contributed by atoms with Crippen LogP contribution in [0.4, 0.5) is 0 Å². The fourth-order valence-corrected chi connectivity index (χ4v) is 2.66. The zero-order chi connectivity index (χ0) is 9.31. The van der Waals surface area contributed by atoms with E-state index in [2.05, 4.69) is 4.98 Å². The number of nitrogens with one attached hydrogen (secondary N) is 1. The maximum absolute atomic E-state index is 11.0. The van der Waals surface area contributed by atoms with Gasteiger partial charge >= 0.3 is 4.87 Å². The quantitative estimate of drug-likeness (QED) is 0.719. The lowest BCUT2D eigenvalue weighted by molar-refractivity contribution is 0.296. The van der Waals surface area contributed by atoms with Crippen LogP contribution in [0, 0.1) is 0 Å². The molecule has 1 heterocycles. The third-order valence-corrected chi connectivity index (χ3v) is 3.47. The number of aromatic amines is 1. The highest BCUT2D eigenvalue weighted by atomic mass is 32.1. The number of H-pyrrole nitrogens is 1. The van der Waals surface area contributed by atoms with Crippen LogP contribution in [0.2, 0.25) is 0 Å². The molecule has 3 nitrogen and oxygen atoms in total. The molecule has 0 aliphatic heterocycles. The zero-order valence-electron chi connectivity index (χ0n) is 7.51. The predicted molar refractivity (Wildman–Crippen MR) is 53.9 cm³/mol. The lowest BCUT2D eigenvalue weighted by Crippen LogP contribution is -2.39. The molecule has 0 spiro atoms. The van der Waals surface area contributed by atoms with Gasteiger partial charge in [-0.3, -0.25) is 4.79 Å². The van der Waals surface area contributed by atoms with E-state index in [1.807, 2.05) is 5.38 Å². The highest BCUT2D eigenvalue weighted by Gasteiger charge is 2.30. The molecule has 1 aliphatic rings. The topological polar surface area (TPSA) is 58.9 Å². The molecule has 2 rings (SSSR count). The van der Waals surface area contributed by atoms with Crippen molar-refractivity contribution in [3.8, 4) is 0 Å². The number of rotatable bonds is 1. The van der Waals surface area contributed by atoms with Crippen molar-refractivity contribution in [1.82, 2.24) is 4.98 Å². The summed E-state index contributed by atoms with van der Waals surface area (Å²) < 4.78 is 0. The van der Waals surface area contributed by atoms with E-state index in [1.54, 1.807) is 0 Å². The minimum absolute atomic E-state index is 0.00500. The summed E-state index contributed by atoms with van der Waals surface area (Å²) in [4.78, 5) is 13.8. The zero-order valence-corrected chi connectivity index (χ0v) is 8.32. The summed E-state index contributed by atoms with van der Waals surface area (Å²) in [7, 11) is 0. The summed E-state index contributed by atoms with van der Waals surface area (Å²) >= 11 is 1.21. The first-order valence-electron chi connectivity index (χ1n) is 4.68. The van der Waals surface area contributed by atoms with Crippen molar-refractivity contribution in [3.05, 3.63) is 20.7 Å². The number of aromatic nitrogens is 1. The SMILES string of the molecule is NC1(c2csc(=O)[nH]2)CCCCC1. The Kier molecular flexibility index (Phi) is 2.26. The predicted octanol–water partition coefficient (Wildman–Crippen LogP) is 1.55. The van der Waals surface area contributed by atoms with E-state index in [9.17, 15) is 4.79 Å². The van der Waals surface area contributed by atoms with Crippen molar-refractivity contribution in [3.63, 3.8) is 0 Å². The van der Waals surface area contributed by atoms with E-state index in [1.165, 1.54) is 30.6 Å². The molecule has 0 unspecified atom stereocenters. The lowest BCUT2D eigenvalue weighted by atomic mass is 9.81. The van der Waals surface area contributed by atoms with Gasteiger partial charge in [-0.05, 0) is 12.8 Å². The second kappa shape index (κ2) is 3.27. The molecule has 1 aromatic rings. The highest BCUT2D eigenvalue weighted by Crippen LogP contribution is 2.33. The van der Waals surface area contributed by atoms with Crippen molar-refractivity contribution in [2.45, 2.75) is 37.6 Å². The monoisotopic (exact) mass is 198 g/mol. The molecule has 4 heteroatoms. The Labute approximate surface area is 81.0 Å². The lowest BCUT2D eigenvalue weighted by Gasteiger charge is -2.32. The molecule has 3 N–H and O–H groups in total. The van der Waals surface area contributed by atoms with Gasteiger partial charge in [0.25, 0.3) is 0 Å². The normalized spacial score (nSPS) is 21.6. The van der Waals surface area contributed by atoms with Crippen molar-refractivity contribution in [2.24, 2.45) is 5.73 Å². The smallest absolute Gasteiger partial charge is 0.304 e. The summed E-state index contributed by atoms with van der Waals surface area (Å²) in [6.07, 6.45) is 5.62. The van der Waals surface area contributed by atoms with Crippen LogP contribution in [0.25, 0.3) is 0 Å². The van der Waals surface area contributed by atoms with E-state index in [0.29, 0.717) is 0 Å². The van der Waals surface area contributed by atoms with Gasteiger partial charge < -0.3 is 10.7 Å². The van der Waals surface area contributed by atoms with Crippen LogP contribution in [-0.4, -0.2) is 4.98 Å². The molecule has 0 aromatic carbocycles. The fourth-order valence-electron chi connectivity index (χ4n) is 1.98. The van der Waals surface area contributed by atoms with Crippen molar-refractivity contribution >= 4 is 11.3 Å². The van der Waals surface area contributed by atoms with Gasteiger partial charge in [0.1, 0.15) is 0 Å². The van der Waals surface area contributed by atoms with Gasteiger partial charge in [0, 0.05) is 11.1 Å². The van der Waals surface area contributed by atoms with Gasteiger partial charge in [0.15, 0.2) is 0 Å². The van der Waals surface area contributed by atoms with E-state index in [-0.39, 0.29) is 10.4 Å². The minimum atomic E-state index is -0.253. The van der Waals surface area contributed by atoms with Crippen LogP contribution >= 0.6 is 11.3 Å². The summed E-state index contributed by atoms with van der Waals surface area (Å²) in [5, 5.41) is 1.87. The van der Waals surface area contributed by atoms with Gasteiger partial charge in [-0.15, -0.1) is 0 Å². The molecule has 1 saturated carbocycles. The number of thiazole rings is 1. The molecule has 0 saturated heterocycles. The van der Waals surface area contributed by atoms with Crippen LogP contribution < -0.4 is 10.6 Å². The number of hydrogen-bond donors (Lipinski definition) is 2. The first kappa shape index (κ1) is 8.97. The summed E-state index contributed by atoms with van der Waals surface area (Å²) in [6.45, 7) is 0. The van der Waals surface area contributed by atoms with E-state index in [4.69, 9.17) is 5.73 Å². The van der Waals surface area contributed by atoms with E-state index >= 15 is 0 Å². The van der Waals surface area contributed by atoms with Crippen molar-refractivity contribution in [1.29, 1.82) is 0 Å². The Bertz CT molecular complexity index is 335. The van der Waals surface area contributed by atoms with Gasteiger partial charge in [-0.1, -0.05) is 30.6 Å². The molecule has 0 radical (unpaired) electrons. The molecule has 72 valence electrons. The van der Waals surface area contributed by atoms with Gasteiger partial charge in [0.2, 0.25) is 0 Å². The van der Waals surface area contributed by atoms with Crippen molar-refractivity contribution < 1.29 is 0 Å². The molecular formula is C9H14N2OS. The Morgan fingerprint density at radius 1 is 1.38 bits per heavy atom. The largest absolute Gasteiger partial charge is 0.320 e. The van der Waals surface area contributed by atoms with Gasteiger partial charge in [-0.25, -0.2) is 0 Å². The molecule has 0 atom stereocenters. The summed E-state index contributed by atoms with van der Waals surface area (Å²) in [6, 6.07) is 0. The van der Waals surface area contributed by atoms with Crippen molar-refractivity contribution in [2.75, 3.05) is 0 Å². The fraction of sp³-hybridized carbons (Fsp3) is 0.667. The van der Waals surface area contributed by atoms with Crippen LogP contribution in [0.3, 0.4) is 0 Å². The van der Waals surface area contributed by atoms with Crippen LogP contribution in [0.1, 0.15) is 37.8 Å². The number of hydrogen-bond acceptors (Lipinski definition) is 3. The average molecular weight is 198 g/mol. The van der Waals surface area contributed by atoms with E-state index < -0.39 is 0 Å². The second-order valence-electron chi connectivity index (χ2n) is 3.78. The summed E-state index contributed by atoms with van der Waals surface area (Å²) in [5.74, 6) is 0. The number of nitrogens with two attached hydrogens (primary N) is 1. The van der Waals surface area contributed by atoms with Crippen LogP contribution in [0.5, 0.6) is 0 Å². The van der Waals surface area contributed by atoms with Crippen LogP contribution in [-0.2, 0) is 5.54 Å². The standard InChI is InChI=1S/C9H14N2OS/c10-9(4-2-1-3-5-9)7-6-13-8(12)11-7/h6H,1-5,10H2,(H,11,12). The Morgan fingerprint density at radius 2 is 2.08 bits per heavy atom. The van der Waals surface area contributed by atoms with Gasteiger partial charge in [0.05, 0.1) is 5.54 Å². The minimum Gasteiger partial charge on any atom is -0.320 e. The summed E-state index contributed by atoms with van der Waals surface area (Å²) in [5.41, 5.74) is 6.91. The third kappa shape index (κ3) is 1.69. The molecular weight excluding hydrogens is 184 g/mol. The molecule has 1 aliphatic carbocycles. The second-order valence-corrected chi connectivity index (χ2v) is 4.62. The molecule has 1 aromatic heterocycles. The average Bonchev–Trinajstić information content (AvgIpc) is 2.54. The molecule has 1 fully saturated rings. The maximum Gasteiger partial charge on any atom is 0.304 e. The first-order valence-corrected chi connectivity index (χ1v) is 5.56.